The molecule has 0 unspecified atom stereocenters. The lowest BCUT2D eigenvalue weighted by Gasteiger charge is -2.27. The van der Waals surface area contributed by atoms with Gasteiger partial charge in [0.25, 0.3) is 5.56 Å². The van der Waals surface area contributed by atoms with E-state index in [1.165, 1.54) is 0 Å². The molecule has 0 aliphatic carbocycles. The van der Waals surface area contributed by atoms with Crippen molar-refractivity contribution in [2.24, 2.45) is 0 Å². The summed E-state index contributed by atoms with van der Waals surface area (Å²) in [5.74, 6) is 0.870. The quantitative estimate of drug-likeness (QED) is 0.861. The molecule has 0 spiro atoms. The number of H-pyrrole nitrogens is 1. The van der Waals surface area contributed by atoms with Gasteiger partial charge >= 0.3 is 0 Å². The number of pyridine rings is 1. The summed E-state index contributed by atoms with van der Waals surface area (Å²) in [5.41, 5.74) is 3.85. The van der Waals surface area contributed by atoms with E-state index in [0.29, 0.717) is 6.61 Å². The fourth-order valence-corrected chi connectivity index (χ4v) is 3.84. The SMILES string of the molecule is CCCOc1cc(CN2CCOCC2)cc2[nH]c(=O)c3c(c12)NCCC3. The minimum absolute atomic E-state index is 0.0182. The van der Waals surface area contributed by atoms with E-state index >= 15 is 0 Å². The van der Waals surface area contributed by atoms with Crippen molar-refractivity contribution in [3.8, 4) is 5.75 Å². The van der Waals surface area contributed by atoms with Crippen molar-refractivity contribution in [2.75, 3.05) is 44.8 Å². The van der Waals surface area contributed by atoms with Gasteiger partial charge in [0, 0.05) is 31.7 Å². The first-order chi connectivity index (χ1) is 12.8. The molecule has 1 fully saturated rings. The Bertz CT molecular complexity index is 840. The molecule has 1 aromatic heterocycles. The molecule has 6 heteroatoms. The molecule has 2 aliphatic heterocycles. The third-order valence-electron chi connectivity index (χ3n) is 5.11. The number of hydrogen-bond donors (Lipinski definition) is 2. The molecule has 3 heterocycles. The van der Waals surface area contributed by atoms with E-state index in [1.807, 2.05) is 0 Å². The number of fused-ring (bicyclic) bond motifs is 3. The molecular formula is C20H27N3O3. The number of nitrogens with one attached hydrogen (secondary N) is 2. The second-order valence-corrected chi connectivity index (χ2v) is 7.09. The fourth-order valence-electron chi connectivity index (χ4n) is 3.84. The van der Waals surface area contributed by atoms with Crippen LogP contribution >= 0.6 is 0 Å². The van der Waals surface area contributed by atoms with Crippen molar-refractivity contribution < 1.29 is 9.47 Å². The third-order valence-corrected chi connectivity index (χ3v) is 5.11. The highest BCUT2D eigenvalue weighted by molar-refractivity contribution is 5.98. The highest BCUT2D eigenvalue weighted by Gasteiger charge is 2.20. The normalized spacial score (nSPS) is 17.7. The maximum absolute atomic E-state index is 12.5. The van der Waals surface area contributed by atoms with Gasteiger partial charge in [-0.3, -0.25) is 9.69 Å². The Morgan fingerprint density at radius 2 is 2.12 bits per heavy atom. The summed E-state index contributed by atoms with van der Waals surface area (Å²) in [6.45, 7) is 7.95. The van der Waals surface area contributed by atoms with Gasteiger partial charge in [-0.05, 0) is 37.0 Å². The zero-order valence-electron chi connectivity index (χ0n) is 15.4. The van der Waals surface area contributed by atoms with Gasteiger partial charge in [-0.1, -0.05) is 6.92 Å². The number of hydrogen-bond acceptors (Lipinski definition) is 5. The van der Waals surface area contributed by atoms with Crippen LogP contribution in [0, 0.1) is 0 Å². The summed E-state index contributed by atoms with van der Waals surface area (Å²) in [6.07, 6.45) is 2.76. The van der Waals surface area contributed by atoms with Crippen LogP contribution in [0.15, 0.2) is 16.9 Å². The van der Waals surface area contributed by atoms with Crippen LogP contribution in [0.25, 0.3) is 10.9 Å². The number of benzene rings is 1. The van der Waals surface area contributed by atoms with Gasteiger partial charge in [0.2, 0.25) is 0 Å². The van der Waals surface area contributed by atoms with Crippen molar-refractivity contribution >= 4 is 16.6 Å². The van der Waals surface area contributed by atoms with Gasteiger partial charge in [0.1, 0.15) is 5.75 Å². The van der Waals surface area contributed by atoms with Gasteiger partial charge in [-0.15, -0.1) is 0 Å². The smallest absolute Gasteiger partial charge is 0.253 e. The van der Waals surface area contributed by atoms with Gasteiger partial charge in [0.15, 0.2) is 0 Å². The number of ether oxygens (including phenoxy) is 2. The zero-order valence-corrected chi connectivity index (χ0v) is 15.4. The van der Waals surface area contributed by atoms with Crippen molar-refractivity contribution in [3.05, 3.63) is 33.6 Å². The predicted molar refractivity (Wildman–Crippen MR) is 103 cm³/mol. The Morgan fingerprint density at radius 1 is 1.27 bits per heavy atom. The van der Waals surface area contributed by atoms with Crippen LogP contribution in [-0.4, -0.2) is 49.3 Å². The first-order valence-electron chi connectivity index (χ1n) is 9.65. The number of morpholine rings is 1. The van der Waals surface area contributed by atoms with Crippen LogP contribution in [0.5, 0.6) is 5.75 Å². The molecule has 0 bridgehead atoms. The molecule has 140 valence electrons. The highest BCUT2D eigenvalue weighted by Crippen LogP contribution is 2.36. The second-order valence-electron chi connectivity index (χ2n) is 7.09. The Morgan fingerprint density at radius 3 is 2.92 bits per heavy atom. The predicted octanol–water partition coefficient (Wildman–Crippen LogP) is 2.51. The Hall–Kier alpha value is -2.05. The standard InChI is InChI=1S/C20H27N3O3/c1-2-8-26-17-12-14(13-23-6-9-25-10-7-23)11-16-18(17)19-15(20(24)22-16)4-3-5-21-19/h11-12,21H,2-10,13H2,1H3,(H,22,24). The first kappa shape index (κ1) is 17.4. The minimum atomic E-state index is 0.0182. The van der Waals surface area contributed by atoms with E-state index in [1.54, 1.807) is 0 Å². The van der Waals surface area contributed by atoms with E-state index in [2.05, 4.69) is 34.3 Å². The summed E-state index contributed by atoms with van der Waals surface area (Å²) < 4.78 is 11.5. The molecule has 2 N–H and O–H groups in total. The fraction of sp³-hybridized carbons (Fsp3) is 0.550. The molecule has 0 radical (unpaired) electrons. The molecule has 2 aliphatic rings. The van der Waals surface area contributed by atoms with Crippen molar-refractivity contribution in [2.45, 2.75) is 32.7 Å². The van der Waals surface area contributed by atoms with Crippen molar-refractivity contribution in [3.63, 3.8) is 0 Å². The van der Waals surface area contributed by atoms with Gasteiger partial charge in [0.05, 0.1) is 36.4 Å². The molecule has 26 heavy (non-hydrogen) atoms. The summed E-state index contributed by atoms with van der Waals surface area (Å²) in [7, 11) is 0. The maximum Gasteiger partial charge on any atom is 0.253 e. The maximum atomic E-state index is 12.5. The monoisotopic (exact) mass is 357 g/mol. The van der Waals surface area contributed by atoms with Crippen LogP contribution < -0.4 is 15.6 Å². The molecule has 1 aromatic carbocycles. The van der Waals surface area contributed by atoms with Crippen molar-refractivity contribution in [1.82, 2.24) is 9.88 Å². The van der Waals surface area contributed by atoms with Gasteiger partial charge in [-0.25, -0.2) is 0 Å². The lowest BCUT2D eigenvalue weighted by atomic mass is 9.99. The van der Waals surface area contributed by atoms with E-state index < -0.39 is 0 Å². The van der Waals surface area contributed by atoms with Crippen LogP contribution in [0.2, 0.25) is 0 Å². The average molecular weight is 357 g/mol. The van der Waals surface area contributed by atoms with Gasteiger partial charge < -0.3 is 19.8 Å². The van der Waals surface area contributed by atoms with Crippen LogP contribution in [0.4, 0.5) is 5.69 Å². The molecule has 1 saturated heterocycles. The molecule has 6 nitrogen and oxygen atoms in total. The Balaban J connectivity index is 1.79. The largest absolute Gasteiger partial charge is 0.493 e. The second kappa shape index (κ2) is 7.68. The van der Waals surface area contributed by atoms with Crippen LogP contribution in [0.3, 0.4) is 0 Å². The summed E-state index contributed by atoms with van der Waals surface area (Å²) in [5, 5.41) is 4.45. The lowest BCUT2D eigenvalue weighted by molar-refractivity contribution is 0.0342. The molecule has 2 aromatic rings. The summed E-state index contributed by atoms with van der Waals surface area (Å²) >= 11 is 0. The van der Waals surface area contributed by atoms with Crippen molar-refractivity contribution in [1.29, 1.82) is 0 Å². The highest BCUT2D eigenvalue weighted by atomic mass is 16.5. The lowest BCUT2D eigenvalue weighted by Crippen LogP contribution is -2.35. The molecule has 0 saturated carbocycles. The Kier molecular flexibility index (Phi) is 5.13. The number of anilines is 1. The third kappa shape index (κ3) is 3.44. The minimum Gasteiger partial charge on any atom is -0.493 e. The zero-order chi connectivity index (χ0) is 17.9. The topological polar surface area (TPSA) is 66.6 Å². The molecule has 0 atom stereocenters. The molecule has 0 amide bonds. The first-order valence-corrected chi connectivity index (χ1v) is 9.65. The number of nitrogens with zero attached hydrogens (tertiary/aromatic N) is 1. The van der Waals surface area contributed by atoms with Crippen LogP contribution in [-0.2, 0) is 17.7 Å². The Labute approximate surface area is 153 Å². The van der Waals surface area contributed by atoms with Gasteiger partial charge in [-0.2, -0.15) is 0 Å². The molecule has 4 rings (SSSR count). The molecular weight excluding hydrogens is 330 g/mol. The summed E-state index contributed by atoms with van der Waals surface area (Å²) in [4.78, 5) is 18.0. The number of aromatic amines is 1. The number of rotatable bonds is 5. The van der Waals surface area contributed by atoms with E-state index in [4.69, 9.17) is 9.47 Å². The van der Waals surface area contributed by atoms with Crippen LogP contribution in [0.1, 0.15) is 30.9 Å². The van der Waals surface area contributed by atoms with E-state index in [-0.39, 0.29) is 5.56 Å². The van der Waals surface area contributed by atoms with E-state index in [9.17, 15) is 4.79 Å². The van der Waals surface area contributed by atoms with E-state index in [0.717, 1.165) is 92.1 Å². The average Bonchev–Trinajstić information content (AvgIpc) is 2.67. The number of aromatic nitrogens is 1. The summed E-state index contributed by atoms with van der Waals surface area (Å²) in [6, 6.07) is 4.24.